The van der Waals surface area contributed by atoms with Crippen molar-refractivity contribution in [2.45, 2.75) is 39.0 Å². The number of urea groups is 1. The van der Waals surface area contributed by atoms with Crippen molar-refractivity contribution in [3.8, 4) is 0 Å². The Morgan fingerprint density at radius 3 is 2.65 bits per heavy atom. The molecule has 0 spiro atoms. The fraction of sp³-hybridized carbons (Fsp3) is 0.500. The molecule has 3 heterocycles. The van der Waals surface area contributed by atoms with Crippen molar-refractivity contribution >= 4 is 23.3 Å². The molecule has 1 aromatic heterocycles. The van der Waals surface area contributed by atoms with Crippen LogP contribution >= 0.6 is 11.3 Å². The monoisotopic (exact) mass is 335 g/mol. The molecule has 7 heteroatoms. The van der Waals surface area contributed by atoms with Gasteiger partial charge in [-0.25, -0.2) is 4.79 Å². The van der Waals surface area contributed by atoms with Crippen molar-refractivity contribution in [3.05, 3.63) is 33.7 Å². The molecule has 3 amide bonds. The number of allylic oxidation sites excluding steroid dienone is 1. The zero-order valence-electron chi connectivity index (χ0n) is 13.5. The summed E-state index contributed by atoms with van der Waals surface area (Å²) in [4.78, 5) is 27.7. The predicted octanol–water partition coefficient (Wildman–Crippen LogP) is 2.01. The van der Waals surface area contributed by atoms with Crippen LogP contribution in [-0.2, 0) is 9.53 Å². The topological polar surface area (TPSA) is 70.7 Å². The van der Waals surface area contributed by atoms with E-state index < -0.39 is 6.04 Å². The molecule has 1 saturated heterocycles. The number of hydrogen-bond acceptors (Lipinski definition) is 4. The smallest absolute Gasteiger partial charge is 0.319 e. The SMILES string of the molecule is CC1=C(C(=O)N2C[C@@H](C)O[C@@H](C)C2)C(c2cccs2)NC(=O)N1. The highest BCUT2D eigenvalue weighted by Crippen LogP contribution is 2.31. The lowest BCUT2D eigenvalue weighted by Gasteiger charge is -2.38. The molecule has 6 nitrogen and oxygen atoms in total. The Morgan fingerprint density at radius 2 is 2.04 bits per heavy atom. The third-order valence-corrected chi connectivity index (χ3v) is 4.97. The molecular formula is C16H21N3O3S. The lowest BCUT2D eigenvalue weighted by molar-refractivity contribution is -0.139. The lowest BCUT2D eigenvalue weighted by Crippen LogP contribution is -2.52. The van der Waals surface area contributed by atoms with E-state index in [0.29, 0.717) is 24.4 Å². The first-order valence-corrected chi connectivity index (χ1v) is 8.60. The molecule has 23 heavy (non-hydrogen) atoms. The summed E-state index contributed by atoms with van der Waals surface area (Å²) in [6.07, 6.45) is 0.0184. The van der Waals surface area contributed by atoms with E-state index in [4.69, 9.17) is 4.74 Å². The van der Waals surface area contributed by atoms with Crippen LogP contribution in [0.4, 0.5) is 4.79 Å². The van der Waals surface area contributed by atoms with Crippen molar-refractivity contribution in [2.75, 3.05) is 13.1 Å². The van der Waals surface area contributed by atoms with E-state index in [2.05, 4.69) is 10.6 Å². The van der Waals surface area contributed by atoms with Crippen molar-refractivity contribution in [1.29, 1.82) is 0 Å². The molecule has 3 atom stereocenters. The molecule has 0 aliphatic carbocycles. The molecule has 1 aromatic rings. The van der Waals surface area contributed by atoms with E-state index in [9.17, 15) is 9.59 Å². The molecule has 124 valence electrons. The van der Waals surface area contributed by atoms with Gasteiger partial charge in [0.05, 0.1) is 23.8 Å². The molecule has 1 fully saturated rings. The molecule has 1 unspecified atom stereocenters. The summed E-state index contributed by atoms with van der Waals surface area (Å²) < 4.78 is 5.70. The average Bonchev–Trinajstić information content (AvgIpc) is 2.98. The van der Waals surface area contributed by atoms with Crippen LogP contribution in [0.1, 0.15) is 31.7 Å². The minimum atomic E-state index is -0.398. The molecule has 2 aliphatic rings. The highest BCUT2D eigenvalue weighted by atomic mass is 32.1. The normalized spacial score (nSPS) is 28.4. The Morgan fingerprint density at radius 1 is 1.35 bits per heavy atom. The van der Waals surface area contributed by atoms with Crippen molar-refractivity contribution in [1.82, 2.24) is 15.5 Å². The quantitative estimate of drug-likeness (QED) is 0.868. The summed E-state index contributed by atoms with van der Waals surface area (Å²) in [5.41, 5.74) is 1.22. The van der Waals surface area contributed by atoms with E-state index >= 15 is 0 Å². The van der Waals surface area contributed by atoms with Crippen LogP contribution in [0.5, 0.6) is 0 Å². The summed E-state index contributed by atoms with van der Waals surface area (Å²) in [5.74, 6) is -0.0459. The minimum absolute atomic E-state index is 0.00920. The average molecular weight is 335 g/mol. The number of thiophene rings is 1. The van der Waals surface area contributed by atoms with E-state index in [1.54, 1.807) is 6.92 Å². The fourth-order valence-electron chi connectivity index (χ4n) is 3.16. The molecule has 2 aliphatic heterocycles. The summed E-state index contributed by atoms with van der Waals surface area (Å²) >= 11 is 1.53. The van der Waals surface area contributed by atoms with E-state index in [1.807, 2.05) is 36.3 Å². The molecule has 0 bridgehead atoms. The maximum absolute atomic E-state index is 13.1. The molecule has 3 rings (SSSR count). The molecule has 0 saturated carbocycles. The number of ether oxygens (including phenoxy) is 1. The number of carbonyl (C=O) groups is 2. The van der Waals surface area contributed by atoms with Gasteiger partial charge in [-0.2, -0.15) is 0 Å². The Labute approximate surface area is 139 Å². The van der Waals surface area contributed by atoms with E-state index in [1.165, 1.54) is 11.3 Å². The third-order valence-electron chi connectivity index (χ3n) is 4.03. The van der Waals surface area contributed by atoms with E-state index in [-0.39, 0.29) is 24.1 Å². The van der Waals surface area contributed by atoms with Gasteiger partial charge in [-0.3, -0.25) is 4.79 Å². The first-order valence-electron chi connectivity index (χ1n) is 7.72. The predicted molar refractivity (Wildman–Crippen MR) is 88.0 cm³/mol. The standard InChI is InChI=1S/C16H21N3O3S/c1-9-7-19(8-10(2)22-9)15(20)13-11(3)17-16(21)18-14(13)12-5-4-6-23-12/h4-6,9-10,14H,7-8H2,1-3H3,(H2,17,18,21)/t9-,10+,14?. The van der Waals surface area contributed by atoms with Gasteiger partial charge in [0.2, 0.25) is 0 Å². The maximum atomic E-state index is 13.1. The number of nitrogens with one attached hydrogen (secondary N) is 2. The van der Waals surface area contributed by atoms with Gasteiger partial charge < -0.3 is 20.3 Å². The molecule has 0 radical (unpaired) electrons. The van der Waals surface area contributed by atoms with Gasteiger partial charge in [-0.05, 0) is 32.2 Å². The van der Waals surface area contributed by atoms with Gasteiger partial charge in [-0.1, -0.05) is 6.07 Å². The Hall–Kier alpha value is -1.86. The Kier molecular flexibility index (Phi) is 4.41. The number of morpholine rings is 1. The van der Waals surface area contributed by atoms with Gasteiger partial charge >= 0.3 is 6.03 Å². The van der Waals surface area contributed by atoms with Crippen LogP contribution in [0.15, 0.2) is 28.8 Å². The van der Waals surface area contributed by atoms with Crippen LogP contribution in [0.2, 0.25) is 0 Å². The largest absolute Gasteiger partial charge is 0.372 e. The first-order chi connectivity index (χ1) is 11.0. The van der Waals surface area contributed by atoms with Crippen LogP contribution in [-0.4, -0.2) is 42.1 Å². The van der Waals surface area contributed by atoms with Crippen LogP contribution in [0.25, 0.3) is 0 Å². The van der Waals surface area contributed by atoms with Gasteiger partial charge in [0.15, 0.2) is 0 Å². The molecule has 0 aromatic carbocycles. The second kappa shape index (κ2) is 6.33. The minimum Gasteiger partial charge on any atom is -0.372 e. The molecular weight excluding hydrogens is 314 g/mol. The van der Waals surface area contributed by atoms with Gasteiger partial charge in [0.1, 0.15) is 0 Å². The lowest BCUT2D eigenvalue weighted by atomic mass is 9.99. The maximum Gasteiger partial charge on any atom is 0.319 e. The number of nitrogens with zero attached hydrogens (tertiary/aromatic N) is 1. The van der Waals surface area contributed by atoms with Crippen molar-refractivity contribution in [3.63, 3.8) is 0 Å². The van der Waals surface area contributed by atoms with Gasteiger partial charge in [0, 0.05) is 23.7 Å². The number of hydrogen-bond donors (Lipinski definition) is 2. The van der Waals surface area contributed by atoms with Crippen LogP contribution in [0, 0.1) is 0 Å². The Bertz CT molecular complexity index is 631. The first kappa shape index (κ1) is 16.0. The van der Waals surface area contributed by atoms with Gasteiger partial charge in [-0.15, -0.1) is 11.3 Å². The van der Waals surface area contributed by atoms with Crippen LogP contribution < -0.4 is 10.6 Å². The van der Waals surface area contributed by atoms with E-state index in [0.717, 1.165) is 4.88 Å². The highest BCUT2D eigenvalue weighted by molar-refractivity contribution is 7.10. The zero-order valence-corrected chi connectivity index (χ0v) is 14.3. The third kappa shape index (κ3) is 3.25. The fourth-order valence-corrected chi connectivity index (χ4v) is 3.94. The second-order valence-corrected chi connectivity index (χ2v) is 7.03. The summed E-state index contributed by atoms with van der Waals surface area (Å²) in [6, 6.07) is 3.18. The second-order valence-electron chi connectivity index (χ2n) is 6.05. The zero-order chi connectivity index (χ0) is 16.6. The van der Waals surface area contributed by atoms with Crippen molar-refractivity contribution in [2.24, 2.45) is 0 Å². The number of amides is 3. The number of rotatable bonds is 2. The number of carbonyl (C=O) groups excluding carboxylic acids is 2. The highest BCUT2D eigenvalue weighted by Gasteiger charge is 2.36. The molecule has 2 N–H and O–H groups in total. The van der Waals surface area contributed by atoms with Crippen molar-refractivity contribution < 1.29 is 14.3 Å². The summed E-state index contributed by atoms with van der Waals surface area (Å²) in [6.45, 7) is 6.83. The van der Waals surface area contributed by atoms with Crippen LogP contribution in [0.3, 0.4) is 0 Å². The summed E-state index contributed by atoms with van der Waals surface area (Å²) in [5, 5.41) is 7.53. The Balaban J connectivity index is 1.92. The summed E-state index contributed by atoms with van der Waals surface area (Å²) in [7, 11) is 0. The van der Waals surface area contributed by atoms with Gasteiger partial charge in [0.25, 0.3) is 5.91 Å².